The molecular weight excluding hydrogens is 500 g/mol. The molecule has 3 heterocycles. The minimum absolute atomic E-state index is 0.0763. The van der Waals surface area contributed by atoms with Gasteiger partial charge in [-0.05, 0) is 30.2 Å². The van der Waals surface area contributed by atoms with Crippen molar-refractivity contribution in [2.24, 2.45) is 0 Å². The van der Waals surface area contributed by atoms with E-state index >= 15 is 0 Å². The Morgan fingerprint density at radius 1 is 1.11 bits per heavy atom. The number of carbonyl (C=O) groups is 2. The van der Waals surface area contributed by atoms with E-state index in [0.29, 0.717) is 39.1 Å². The van der Waals surface area contributed by atoms with Crippen molar-refractivity contribution in [3.8, 4) is 21.9 Å². The SMILES string of the molecule is CCCn1c(SCC(=O)NC(=O)Nc2ccc3c(c2)OCO3)nc2sc(-c3ccccc3)cc2c1=O. The van der Waals surface area contributed by atoms with Gasteiger partial charge in [0.1, 0.15) is 4.83 Å². The van der Waals surface area contributed by atoms with Crippen LogP contribution in [0.2, 0.25) is 0 Å². The lowest BCUT2D eigenvalue weighted by molar-refractivity contribution is -0.117. The maximum Gasteiger partial charge on any atom is 0.325 e. The molecule has 9 nitrogen and oxygen atoms in total. The minimum atomic E-state index is -0.667. The first-order valence-corrected chi connectivity index (χ1v) is 13.0. The number of ether oxygens (including phenoxy) is 2. The number of anilines is 1. The number of urea groups is 1. The van der Waals surface area contributed by atoms with Gasteiger partial charge in [-0.25, -0.2) is 9.78 Å². The average Bonchev–Trinajstić information content (AvgIpc) is 3.52. The van der Waals surface area contributed by atoms with Crippen LogP contribution in [0.25, 0.3) is 20.7 Å². The summed E-state index contributed by atoms with van der Waals surface area (Å²) < 4.78 is 12.1. The van der Waals surface area contributed by atoms with Gasteiger partial charge in [0, 0.05) is 23.2 Å². The van der Waals surface area contributed by atoms with Crippen LogP contribution in [0.1, 0.15) is 13.3 Å². The molecule has 0 bridgehead atoms. The van der Waals surface area contributed by atoms with Crippen LogP contribution >= 0.6 is 23.1 Å². The summed E-state index contributed by atoms with van der Waals surface area (Å²) >= 11 is 2.56. The number of carbonyl (C=O) groups excluding carboxylic acids is 2. The number of fused-ring (bicyclic) bond motifs is 2. The Balaban J connectivity index is 1.28. The molecule has 0 atom stereocenters. The van der Waals surface area contributed by atoms with Crippen molar-refractivity contribution in [2.75, 3.05) is 17.9 Å². The number of nitrogens with one attached hydrogen (secondary N) is 2. The van der Waals surface area contributed by atoms with Gasteiger partial charge in [0.2, 0.25) is 12.7 Å². The number of nitrogens with zero attached hydrogens (tertiary/aromatic N) is 2. The third-order valence-corrected chi connectivity index (χ3v) is 7.39. The van der Waals surface area contributed by atoms with Gasteiger partial charge in [0.25, 0.3) is 5.56 Å². The normalized spacial score (nSPS) is 12.0. The quantitative estimate of drug-likeness (QED) is 0.267. The van der Waals surface area contributed by atoms with Gasteiger partial charge < -0.3 is 14.8 Å². The molecule has 0 saturated heterocycles. The fourth-order valence-electron chi connectivity index (χ4n) is 3.70. The summed E-state index contributed by atoms with van der Waals surface area (Å²) in [7, 11) is 0. The summed E-state index contributed by atoms with van der Waals surface area (Å²) in [5.74, 6) is 0.533. The highest BCUT2D eigenvalue weighted by Gasteiger charge is 2.18. The predicted octanol–water partition coefficient (Wildman–Crippen LogP) is 4.70. The van der Waals surface area contributed by atoms with Crippen LogP contribution in [0, 0.1) is 0 Å². The predicted molar refractivity (Wildman–Crippen MR) is 140 cm³/mol. The standard InChI is InChI=1S/C25H22N4O5S2/c1-2-10-29-23(31)17-12-20(15-6-4-3-5-7-15)36-22(17)28-25(29)35-13-21(30)27-24(32)26-16-8-9-18-19(11-16)34-14-33-18/h3-9,11-12H,2,10,13-14H2,1H3,(H2,26,27,30,32). The van der Waals surface area contributed by atoms with E-state index in [1.165, 1.54) is 11.3 Å². The molecule has 2 aromatic heterocycles. The van der Waals surface area contributed by atoms with Crippen molar-refractivity contribution < 1.29 is 19.1 Å². The zero-order chi connectivity index (χ0) is 25.1. The third kappa shape index (κ3) is 5.07. The lowest BCUT2D eigenvalue weighted by Crippen LogP contribution is -2.35. The number of benzene rings is 2. The Kier molecular flexibility index (Phi) is 6.92. The van der Waals surface area contributed by atoms with E-state index in [-0.39, 0.29) is 18.1 Å². The molecule has 0 radical (unpaired) electrons. The Morgan fingerprint density at radius 3 is 2.72 bits per heavy atom. The zero-order valence-corrected chi connectivity index (χ0v) is 20.9. The van der Waals surface area contributed by atoms with Crippen molar-refractivity contribution in [2.45, 2.75) is 25.0 Å². The fraction of sp³-hybridized carbons (Fsp3) is 0.200. The molecule has 184 valence electrons. The molecule has 0 saturated carbocycles. The molecule has 36 heavy (non-hydrogen) atoms. The van der Waals surface area contributed by atoms with Crippen molar-refractivity contribution in [3.05, 3.63) is 65.0 Å². The van der Waals surface area contributed by atoms with Gasteiger partial charge >= 0.3 is 6.03 Å². The number of aromatic nitrogens is 2. The van der Waals surface area contributed by atoms with Crippen LogP contribution in [0.15, 0.2) is 64.5 Å². The summed E-state index contributed by atoms with van der Waals surface area (Å²) in [6.07, 6.45) is 0.737. The molecule has 1 aliphatic heterocycles. The van der Waals surface area contributed by atoms with Gasteiger partial charge in [-0.2, -0.15) is 0 Å². The van der Waals surface area contributed by atoms with Crippen LogP contribution in [0.3, 0.4) is 0 Å². The second-order valence-corrected chi connectivity index (χ2v) is 9.88. The summed E-state index contributed by atoms with van der Waals surface area (Å²) in [5, 5.41) is 5.91. The first kappa shape index (κ1) is 23.9. The summed E-state index contributed by atoms with van der Waals surface area (Å²) in [4.78, 5) is 44.2. The van der Waals surface area contributed by atoms with Gasteiger partial charge in [-0.1, -0.05) is 49.0 Å². The van der Waals surface area contributed by atoms with E-state index in [0.717, 1.165) is 28.6 Å². The Hall–Kier alpha value is -3.83. The molecule has 0 fully saturated rings. The lowest BCUT2D eigenvalue weighted by atomic mass is 10.2. The number of imide groups is 1. The minimum Gasteiger partial charge on any atom is -0.454 e. The molecule has 0 spiro atoms. The highest BCUT2D eigenvalue weighted by molar-refractivity contribution is 7.99. The average molecular weight is 523 g/mol. The summed E-state index contributed by atoms with van der Waals surface area (Å²) in [5.41, 5.74) is 1.35. The second-order valence-electron chi connectivity index (χ2n) is 7.91. The highest BCUT2D eigenvalue weighted by Crippen LogP contribution is 2.34. The van der Waals surface area contributed by atoms with Crippen LogP contribution in [0.4, 0.5) is 10.5 Å². The van der Waals surface area contributed by atoms with Gasteiger partial charge in [0.15, 0.2) is 16.7 Å². The number of thiophene rings is 1. The first-order chi connectivity index (χ1) is 17.5. The van der Waals surface area contributed by atoms with E-state index < -0.39 is 11.9 Å². The van der Waals surface area contributed by atoms with E-state index in [1.807, 2.05) is 43.3 Å². The largest absolute Gasteiger partial charge is 0.454 e. The van der Waals surface area contributed by atoms with Crippen molar-refractivity contribution in [3.63, 3.8) is 0 Å². The molecule has 2 aromatic carbocycles. The lowest BCUT2D eigenvalue weighted by Gasteiger charge is -2.11. The molecule has 1 aliphatic rings. The van der Waals surface area contributed by atoms with Crippen LogP contribution in [0.5, 0.6) is 11.5 Å². The molecular formula is C25H22N4O5S2. The van der Waals surface area contributed by atoms with Crippen molar-refractivity contribution in [1.82, 2.24) is 14.9 Å². The van der Waals surface area contributed by atoms with E-state index in [2.05, 4.69) is 10.6 Å². The Labute approximate surface area is 214 Å². The van der Waals surface area contributed by atoms with Gasteiger partial charge in [-0.3, -0.25) is 19.5 Å². The number of hydrogen-bond acceptors (Lipinski definition) is 8. The van der Waals surface area contributed by atoms with E-state index in [9.17, 15) is 14.4 Å². The van der Waals surface area contributed by atoms with Crippen LogP contribution in [-0.2, 0) is 11.3 Å². The monoisotopic (exact) mass is 522 g/mol. The molecule has 5 rings (SSSR count). The van der Waals surface area contributed by atoms with E-state index in [1.54, 1.807) is 22.8 Å². The van der Waals surface area contributed by atoms with Gasteiger partial charge in [-0.15, -0.1) is 11.3 Å². The number of thioether (sulfide) groups is 1. The second kappa shape index (κ2) is 10.4. The number of hydrogen-bond donors (Lipinski definition) is 2. The third-order valence-electron chi connectivity index (χ3n) is 5.34. The summed E-state index contributed by atoms with van der Waals surface area (Å²) in [6, 6.07) is 16.0. The molecule has 0 aliphatic carbocycles. The first-order valence-electron chi connectivity index (χ1n) is 11.2. The van der Waals surface area contributed by atoms with Crippen LogP contribution in [-0.4, -0.2) is 34.0 Å². The highest BCUT2D eigenvalue weighted by atomic mass is 32.2. The Bertz CT molecular complexity index is 1500. The topological polar surface area (TPSA) is 112 Å². The molecule has 11 heteroatoms. The van der Waals surface area contributed by atoms with Crippen LogP contribution < -0.4 is 25.7 Å². The fourth-order valence-corrected chi connectivity index (χ4v) is 5.61. The molecule has 0 unspecified atom stereocenters. The maximum absolute atomic E-state index is 13.2. The van der Waals surface area contributed by atoms with Crippen molar-refractivity contribution in [1.29, 1.82) is 0 Å². The van der Waals surface area contributed by atoms with Gasteiger partial charge in [0.05, 0.1) is 11.1 Å². The molecule has 2 N–H and O–H groups in total. The summed E-state index contributed by atoms with van der Waals surface area (Å²) in [6.45, 7) is 2.58. The molecule has 3 amide bonds. The smallest absolute Gasteiger partial charge is 0.325 e. The van der Waals surface area contributed by atoms with E-state index in [4.69, 9.17) is 14.5 Å². The number of amides is 3. The molecule has 4 aromatic rings. The Morgan fingerprint density at radius 2 is 1.92 bits per heavy atom. The maximum atomic E-state index is 13.2. The van der Waals surface area contributed by atoms with Crippen molar-refractivity contribution >= 4 is 50.9 Å². The zero-order valence-electron chi connectivity index (χ0n) is 19.3. The number of rotatable bonds is 7.